The van der Waals surface area contributed by atoms with E-state index >= 15 is 0 Å². The lowest BCUT2D eigenvalue weighted by molar-refractivity contribution is -0.142. The van der Waals surface area contributed by atoms with E-state index < -0.39 is 11.9 Å². The van der Waals surface area contributed by atoms with Gasteiger partial charge in [-0.3, -0.25) is 14.6 Å². The number of hydrogen-bond donors (Lipinski definition) is 1. The molecule has 0 spiro atoms. The van der Waals surface area contributed by atoms with Crippen molar-refractivity contribution in [1.29, 1.82) is 0 Å². The molecule has 1 saturated heterocycles. The van der Waals surface area contributed by atoms with Crippen molar-refractivity contribution in [2.45, 2.75) is 26.3 Å². The zero-order chi connectivity index (χ0) is 17.4. The third-order valence-electron chi connectivity index (χ3n) is 4.78. The SMILES string of the molecule is COc1ccc2cc(C(=O)N3CCC(C(=O)O)C3C)c(C)nc2c1. The molecule has 2 heterocycles. The number of nitrogens with zero attached hydrogens (tertiary/aromatic N) is 2. The first-order chi connectivity index (χ1) is 11.4. The van der Waals surface area contributed by atoms with Crippen molar-refractivity contribution < 1.29 is 19.4 Å². The van der Waals surface area contributed by atoms with Gasteiger partial charge in [-0.15, -0.1) is 0 Å². The minimum Gasteiger partial charge on any atom is -0.497 e. The van der Waals surface area contributed by atoms with E-state index in [1.807, 2.05) is 24.3 Å². The first kappa shape index (κ1) is 16.2. The van der Waals surface area contributed by atoms with Gasteiger partial charge in [0.1, 0.15) is 5.75 Å². The summed E-state index contributed by atoms with van der Waals surface area (Å²) in [5.41, 5.74) is 1.92. The highest BCUT2D eigenvalue weighted by Crippen LogP contribution is 2.28. The summed E-state index contributed by atoms with van der Waals surface area (Å²) in [6.07, 6.45) is 0.486. The third-order valence-corrected chi connectivity index (χ3v) is 4.78. The van der Waals surface area contributed by atoms with E-state index in [9.17, 15) is 14.7 Å². The van der Waals surface area contributed by atoms with Crippen LogP contribution < -0.4 is 4.74 Å². The smallest absolute Gasteiger partial charge is 0.308 e. The summed E-state index contributed by atoms with van der Waals surface area (Å²) in [5, 5.41) is 10.1. The maximum atomic E-state index is 12.9. The zero-order valence-electron chi connectivity index (χ0n) is 13.9. The van der Waals surface area contributed by atoms with Crippen LogP contribution in [0.1, 0.15) is 29.4 Å². The van der Waals surface area contributed by atoms with E-state index in [0.717, 1.165) is 10.9 Å². The number of carboxylic acids is 1. The number of methoxy groups -OCH3 is 1. The first-order valence-electron chi connectivity index (χ1n) is 7.91. The number of carbonyl (C=O) groups excluding carboxylic acids is 1. The van der Waals surface area contributed by atoms with Crippen molar-refractivity contribution in [2.75, 3.05) is 13.7 Å². The molecule has 0 radical (unpaired) electrons. The lowest BCUT2D eigenvalue weighted by Crippen LogP contribution is -2.38. The Morgan fingerprint density at radius 1 is 1.33 bits per heavy atom. The maximum Gasteiger partial charge on any atom is 0.308 e. The van der Waals surface area contributed by atoms with Crippen molar-refractivity contribution in [3.8, 4) is 5.75 Å². The molecule has 6 nitrogen and oxygen atoms in total. The molecule has 1 amide bonds. The Balaban J connectivity index is 1.95. The van der Waals surface area contributed by atoms with Gasteiger partial charge in [0.25, 0.3) is 5.91 Å². The van der Waals surface area contributed by atoms with Crippen LogP contribution in [-0.4, -0.2) is 46.6 Å². The number of ether oxygens (including phenoxy) is 1. The Morgan fingerprint density at radius 2 is 2.08 bits per heavy atom. The molecular weight excluding hydrogens is 308 g/mol. The second-order valence-corrected chi connectivity index (χ2v) is 6.15. The first-order valence-corrected chi connectivity index (χ1v) is 7.91. The van der Waals surface area contributed by atoms with Gasteiger partial charge in [-0.2, -0.15) is 0 Å². The van der Waals surface area contributed by atoms with Crippen molar-refractivity contribution in [1.82, 2.24) is 9.88 Å². The molecule has 1 aliphatic heterocycles. The number of aryl methyl sites for hydroxylation is 1. The normalized spacial score (nSPS) is 20.4. The fourth-order valence-electron chi connectivity index (χ4n) is 3.30. The van der Waals surface area contributed by atoms with Crippen molar-refractivity contribution >= 4 is 22.8 Å². The molecule has 1 N–H and O–H groups in total. The Morgan fingerprint density at radius 3 is 2.71 bits per heavy atom. The van der Waals surface area contributed by atoms with Crippen LogP contribution in [0.15, 0.2) is 24.3 Å². The predicted molar refractivity (Wildman–Crippen MR) is 89.3 cm³/mol. The molecule has 2 aromatic rings. The van der Waals surface area contributed by atoms with Crippen LogP contribution in [-0.2, 0) is 4.79 Å². The average molecular weight is 328 g/mol. The van der Waals surface area contributed by atoms with Gasteiger partial charge in [-0.25, -0.2) is 0 Å². The van der Waals surface area contributed by atoms with Crippen LogP contribution in [0.4, 0.5) is 0 Å². The van der Waals surface area contributed by atoms with E-state index in [0.29, 0.717) is 30.0 Å². The molecule has 2 atom stereocenters. The highest BCUT2D eigenvalue weighted by Gasteiger charge is 2.38. The van der Waals surface area contributed by atoms with Gasteiger partial charge in [0.05, 0.1) is 29.8 Å². The van der Waals surface area contributed by atoms with Crippen LogP contribution >= 0.6 is 0 Å². The van der Waals surface area contributed by atoms with E-state index in [-0.39, 0.29) is 11.9 Å². The van der Waals surface area contributed by atoms with Crippen LogP contribution in [0.2, 0.25) is 0 Å². The fourth-order valence-corrected chi connectivity index (χ4v) is 3.30. The highest BCUT2D eigenvalue weighted by molar-refractivity contribution is 5.99. The van der Waals surface area contributed by atoms with Gasteiger partial charge in [-0.05, 0) is 38.5 Å². The van der Waals surface area contributed by atoms with E-state index in [2.05, 4.69) is 4.98 Å². The molecule has 3 rings (SSSR count). The molecule has 0 bridgehead atoms. The lowest BCUT2D eigenvalue weighted by atomic mass is 10.0. The minimum absolute atomic E-state index is 0.158. The van der Waals surface area contributed by atoms with Gasteiger partial charge >= 0.3 is 5.97 Å². The van der Waals surface area contributed by atoms with Crippen LogP contribution in [0.25, 0.3) is 10.9 Å². The van der Waals surface area contributed by atoms with E-state index in [1.54, 1.807) is 25.9 Å². The molecule has 2 unspecified atom stereocenters. The Kier molecular flexibility index (Phi) is 4.13. The van der Waals surface area contributed by atoms with E-state index in [4.69, 9.17) is 4.74 Å². The monoisotopic (exact) mass is 328 g/mol. The van der Waals surface area contributed by atoms with Gasteiger partial charge in [0.15, 0.2) is 0 Å². The lowest BCUT2D eigenvalue weighted by Gasteiger charge is -2.24. The molecule has 1 fully saturated rings. The minimum atomic E-state index is -0.849. The predicted octanol–water partition coefficient (Wildman–Crippen LogP) is 2.49. The summed E-state index contributed by atoms with van der Waals surface area (Å²) >= 11 is 0. The van der Waals surface area contributed by atoms with Crippen LogP contribution in [0, 0.1) is 12.8 Å². The fraction of sp³-hybridized carbons (Fsp3) is 0.389. The molecular formula is C18H20N2O4. The number of likely N-dealkylation sites (tertiary alicyclic amines) is 1. The maximum absolute atomic E-state index is 12.9. The molecule has 1 aliphatic rings. The molecule has 0 saturated carbocycles. The molecule has 1 aromatic heterocycles. The quantitative estimate of drug-likeness (QED) is 0.936. The zero-order valence-corrected chi connectivity index (χ0v) is 13.9. The standard InChI is InChI=1S/C18H20N2O4/c1-10-15(8-12-4-5-13(24-3)9-16(12)19-10)17(21)20-7-6-14(11(20)2)18(22)23/h4-5,8-9,11,14H,6-7H2,1-3H3,(H,22,23). The number of carbonyl (C=O) groups is 2. The summed E-state index contributed by atoms with van der Waals surface area (Å²) < 4.78 is 5.20. The third kappa shape index (κ3) is 2.68. The number of amides is 1. The Bertz CT molecular complexity index is 818. The average Bonchev–Trinajstić information content (AvgIpc) is 2.94. The largest absolute Gasteiger partial charge is 0.497 e. The molecule has 6 heteroatoms. The number of benzene rings is 1. The number of carboxylic acid groups (broad SMARTS) is 1. The summed E-state index contributed by atoms with van der Waals surface area (Å²) in [5.74, 6) is -0.801. The summed E-state index contributed by atoms with van der Waals surface area (Å²) in [7, 11) is 1.60. The van der Waals surface area contributed by atoms with Crippen molar-refractivity contribution in [2.24, 2.45) is 5.92 Å². The topological polar surface area (TPSA) is 79.7 Å². The molecule has 1 aromatic carbocycles. The number of aliphatic carboxylic acids is 1. The number of pyridine rings is 1. The number of rotatable bonds is 3. The second kappa shape index (κ2) is 6.11. The number of aromatic nitrogens is 1. The van der Waals surface area contributed by atoms with Crippen molar-refractivity contribution in [3.05, 3.63) is 35.5 Å². The molecule has 126 valence electrons. The van der Waals surface area contributed by atoms with Crippen LogP contribution in [0.5, 0.6) is 5.75 Å². The van der Waals surface area contributed by atoms with E-state index in [1.165, 1.54) is 0 Å². The van der Waals surface area contributed by atoms with Gasteiger partial charge in [0.2, 0.25) is 0 Å². The Labute approximate surface area is 140 Å². The molecule has 24 heavy (non-hydrogen) atoms. The number of hydrogen-bond acceptors (Lipinski definition) is 4. The summed E-state index contributed by atoms with van der Waals surface area (Å²) in [6, 6.07) is 7.02. The van der Waals surface area contributed by atoms with Crippen molar-refractivity contribution in [3.63, 3.8) is 0 Å². The summed E-state index contributed by atoms with van der Waals surface area (Å²) in [4.78, 5) is 30.3. The molecule has 0 aliphatic carbocycles. The second-order valence-electron chi connectivity index (χ2n) is 6.15. The highest BCUT2D eigenvalue weighted by atomic mass is 16.5. The van der Waals surface area contributed by atoms with Crippen LogP contribution in [0.3, 0.4) is 0 Å². The summed E-state index contributed by atoms with van der Waals surface area (Å²) in [6.45, 7) is 4.04. The van der Waals surface area contributed by atoms with Gasteiger partial charge in [-0.1, -0.05) is 0 Å². The van der Waals surface area contributed by atoms with Gasteiger partial charge in [0, 0.05) is 24.0 Å². The number of fused-ring (bicyclic) bond motifs is 1. The van der Waals surface area contributed by atoms with Gasteiger partial charge < -0.3 is 14.7 Å². The Hall–Kier alpha value is -2.63.